The Morgan fingerprint density at radius 2 is 1.71 bits per heavy atom. The number of halogens is 2. The number of nitrogens with zero attached hydrogens (tertiary/aromatic N) is 1. The average Bonchev–Trinajstić information content (AvgIpc) is 2.69. The highest BCUT2D eigenvalue weighted by Gasteiger charge is 2.32. The minimum atomic E-state index is -0.521. The fourth-order valence-corrected chi connectivity index (χ4v) is 2.79. The number of rotatable bonds is 8. The molecular weight excluding hydrogens is 399 g/mol. The molecule has 0 radical (unpaired) electrons. The van der Waals surface area contributed by atoms with Crippen molar-refractivity contribution < 1.29 is 9.59 Å². The summed E-state index contributed by atoms with van der Waals surface area (Å²) in [5.41, 5.74) is 7.42. The van der Waals surface area contributed by atoms with Crippen molar-refractivity contribution in [2.75, 3.05) is 11.9 Å². The molecule has 0 fully saturated rings. The first kappa shape index (κ1) is 25.9. The van der Waals surface area contributed by atoms with Crippen LogP contribution >= 0.6 is 24.8 Å². The number of carbonyl (C=O) groups excluding carboxylic acids is 2. The van der Waals surface area contributed by atoms with Crippen LogP contribution in [0, 0.1) is 5.41 Å². The van der Waals surface area contributed by atoms with E-state index in [1.165, 1.54) is 0 Å². The van der Waals surface area contributed by atoms with Crippen LogP contribution in [0.1, 0.15) is 42.6 Å². The maximum absolute atomic E-state index is 12.5. The van der Waals surface area contributed by atoms with Gasteiger partial charge in [-0.1, -0.05) is 26.0 Å². The normalized spacial score (nSPS) is 10.2. The van der Waals surface area contributed by atoms with E-state index in [0.717, 1.165) is 5.56 Å². The van der Waals surface area contributed by atoms with Gasteiger partial charge in [0.05, 0.1) is 5.41 Å². The van der Waals surface area contributed by atoms with Gasteiger partial charge in [0.2, 0.25) is 5.91 Å². The number of aromatic nitrogens is 1. The van der Waals surface area contributed by atoms with Crippen LogP contribution < -0.4 is 16.4 Å². The fourth-order valence-electron chi connectivity index (χ4n) is 2.79. The van der Waals surface area contributed by atoms with Gasteiger partial charge >= 0.3 is 0 Å². The zero-order valence-corrected chi connectivity index (χ0v) is 17.7. The van der Waals surface area contributed by atoms with Gasteiger partial charge in [0.25, 0.3) is 5.91 Å². The summed E-state index contributed by atoms with van der Waals surface area (Å²) < 4.78 is 0. The molecule has 0 spiro atoms. The van der Waals surface area contributed by atoms with E-state index in [-0.39, 0.29) is 36.6 Å². The average molecular weight is 427 g/mol. The van der Waals surface area contributed by atoms with Crippen molar-refractivity contribution >= 4 is 42.3 Å². The fraction of sp³-hybridized carbons (Fsp3) is 0.350. The molecule has 0 bridgehead atoms. The van der Waals surface area contributed by atoms with E-state index < -0.39 is 5.41 Å². The molecule has 1 heterocycles. The third-order valence-electron chi connectivity index (χ3n) is 4.81. The molecule has 1 aromatic heterocycles. The molecule has 8 heteroatoms. The van der Waals surface area contributed by atoms with Crippen molar-refractivity contribution in [1.82, 2.24) is 10.3 Å². The summed E-state index contributed by atoms with van der Waals surface area (Å²) in [7, 11) is 0. The number of amides is 2. The molecule has 0 aliphatic heterocycles. The maximum Gasteiger partial charge on any atom is 0.255 e. The highest BCUT2D eigenvalue weighted by molar-refractivity contribution is 6.04. The predicted molar refractivity (Wildman–Crippen MR) is 117 cm³/mol. The van der Waals surface area contributed by atoms with Crippen molar-refractivity contribution in [3.8, 4) is 0 Å². The zero-order chi connectivity index (χ0) is 19.0. The lowest BCUT2D eigenvalue weighted by molar-refractivity contribution is -0.131. The molecule has 154 valence electrons. The van der Waals surface area contributed by atoms with Crippen LogP contribution in [0.15, 0.2) is 48.8 Å². The second-order valence-electron chi connectivity index (χ2n) is 6.26. The lowest BCUT2D eigenvalue weighted by Gasteiger charge is -2.28. The van der Waals surface area contributed by atoms with Crippen molar-refractivity contribution in [2.24, 2.45) is 11.1 Å². The van der Waals surface area contributed by atoms with Crippen molar-refractivity contribution in [3.05, 3.63) is 59.9 Å². The SMILES string of the molecule is CCC(CC)(CN)C(=O)NCc1cccc(NC(=O)c2ccncc2)c1.Cl.Cl. The van der Waals surface area contributed by atoms with Gasteiger partial charge in [-0.25, -0.2) is 0 Å². The van der Waals surface area contributed by atoms with Crippen LogP contribution in [0.25, 0.3) is 0 Å². The van der Waals surface area contributed by atoms with Gasteiger partial charge in [0, 0.05) is 36.7 Å². The summed E-state index contributed by atoms with van der Waals surface area (Å²) in [6, 6.07) is 10.7. The quantitative estimate of drug-likeness (QED) is 0.600. The maximum atomic E-state index is 12.5. The lowest BCUT2D eigenvalue weighted by atomic mass is 9.81. The molecule has 0 aliphatic rings. The van der Waals surface area contributed by atoms with Gasteiger partial charge in [-0.2, -0.15) is 0 Å². The van der Waals surface area contributed by atoms with Crippen LogP contribution in [0.4, 0.5) is 5.69 Å². The Balaban J connectivity index is 0.00000364. The highest BCUT2D eigenvalue weighted by atomic mass is 35.5. The van der Waals surface area contributed by atoms with Crippen molar-refractivity contribution in [3.63, 3.8) is 0 Å². The third kappa shape index (κ3) is 6.48. The van der Waals surface area contributed by atoms with E-state index in [1.807, 2.05) is 38.1 Å². The zero-order valence-electron chi connectivity index (χ0n) is 16.1. The molecule has 28 heavy (non-hydrogen) atoms. The van der Waals surface area contributed by atoms with Crippen LogP contribution in [-0.4, -0.2) is 23.3 Å². The van der Waals surface area contributed by atoms with E-state index in [2.05, 4.69) is 15.6 Å². The molecule has 6 nitrogen and oxygen atoms in total. The first-order valence-corrected chi connectivity index (χ1v) is 8.83. The van der Waals surface area contributed by atoms with Crippen LogP contribution in [0.2, 0.25) is 0 Å². The molecule has 0 atom stereocenters. The highest BCUT2D eigenvalue weighted by Crippen LogP contribution is 2.25. The summed E-state index contributed by atoms with van der Waals surface area (Å²) in [6.07, 6.45) is 4.56. The van der Waals surface area contributed by atoms with Crippen molar-refractivity contribution in [2.45, 2.75) is 33.2 Å². The molecule has 2 rings (SSSR count). The number of benzene rings is 1. The Labute approximate surface area is 178 Å². The number of hydrogen-bond donors (Lipinski definition) is 3. The third-order valence-corrected chi connectivity index (χ3v) is 4.81. The molecule has 0 saturated carbocycles. The smallest absolute Gasteiger partial charge is 0.255 e. The summed E-state index contributed by atoms with van der Waals surface area (Å²) >= 11 is 0. The second kappa shape index (κ2) is 12.3. The Morgan fingerprint density at radius 3 is 2.29 bits per heavy atom. The number of pyridine rings is 1. The van der Waals surface area contributed by atoms with Gasteiger partial charge in [-0.05, 0) is 42.7 Å². The molecule has 1 aromatic carbocycles. The number of hydrogen-bond acceptors (Lipinski definition) is 4. The van der Waals surface area contributed by atoms with Gasteiger partial charge in [-0.3, -0.25) is 14.6 Å². The molecule has 0 saturated heterocycles. The molecular formula is C20H28Cl2N4O2. The van der Waals surface area contributed by atoms with E-state index in [0.29, 0.717) is 37.2 Å². The first-order valence-electron chi connectivity index (χ1n) is 8.83. The van der Waals surface area contributed by atoms with Crippen molar-refractivity contribution in [1.29, 1.82) is 0 Å². The molecule has 2 aromatic rings. The standard InChI is InChI=1S/C20H26N4O2.2ClH/c1-3-20(4-2,14-21)19(26)23-13-15-6-5-7-17(12-15)24-18(25)16-8-10-22-11-9-16;;/h5-12H,3-4,13-14,21H2,1-2H3,(H,23,26)(H,24,25);2*1H. The number of anilines is 1. The monoisotopic (exact) mass is 426 g/mol. The van der Waals surface area contributed by atoms with Crippen LogP contribution in [-0.2, 0) is 11.3 Å². The molecule has 0 unspecified atom stereocenters. The van der Waals surface area contributed by atoms with E-state index in [9.17, 15) is 9.59 Å². The molecule has 4 N–H and O–H groups in total. The second-order valence-corrected chi connectivity index (χ2v) is 6.26. The Bertz CT molecular complexity index is 745. The predicted octanol–water partition coefficient (Wildman–Crippen LogP) is 3.56. The lowest BCUT2D eigenvalue weighted by Crippen LogP contribution is -2.45. The molecule has 2 amide bonds. The minimum absolute atomic E-state index is 0. The van der Waals surface area contributed by atoms with Gasteiger partial charge in [-0.15, -0.1) is 24.8 Å². The van der Waals surface area contributed by atoms with Gasteiger partial charge in [0.15, 0.2) is 0 Å². The van der Waals surface area contributed by atoms with E-state index in [4.69, 9.17) is 5.73 Å². The topological polar surface area (TPSA) is 97.1 Å². The van der Waals surface area contributed by atoms with E-state index in [1.54, 1.807) is 24.5 Å². The Kier molecular flexibility index (Phi) is 11.4. The summed E-state index contributed by atoms with van der Waals surface area (Å²) in [5.74, 6) is -0.232. The first-order chi connectivity index (χ1) is 12.5. The number of nitrogens with two attached hydrogens (primary N) is 1. The summed E-state index contributed by atoms with van der Waals surface area (Å²) in [4.78, 5) is 28.6. The number of carbonyl (C=O) groups is 2. The molecule has 0 aliphatic carbocycles. The summed E-state index contributed by atoms with van der Waals surface area (Å²) in [6.45, 7) is 4.67. The summed E-state index contributed by atoms with van der Waals surface area (Å²) in [5, 5.41) is 5.82. The van der Waals surface area contributed by atoms with E-state index >= 15 is 0 Å². The Morgan fingerprint density at radius 1 is 1.07 bits per heavy atom. The van der Waals surface area contributed by atoms with Crippen LogP contribution in [0.5, 0.6) is 0 Å². The van der Waals surface area contributed by atoms with Crippen LogP contribution in [0.3, 0.4) is 0 Å². The minimum Gasteiger partial charge on any atom is -0.352 e. The Hall–Kier alpha value is -2.15. The largest absolute Gasteiger partial charge is 0.352 e. The van der Waals surface area contributed by atoms with Gasteiger partial charge < -0.3 is 16.4 Å². The number of nitrogens with one attached hydrogen (secondary N) is 2. The van der Waals surface area contributed by atoms with Gasteiger partial charge in [0.1, 0.15) is 0 Å².